The molecule has 1 aromatic heterocycles. The number of amides is 1. The number of benzene rings is 2. The van der Waals surface area contributed by atoms with Gasteiger partial charge in [-0.3, -0.25) is 14.5 Å². The Kier molecular flexibility index (Phi) is 7.98. The summed E-state index contributed by atoms with van der Waals surface area (Å²) in [7, 11) is 1.65. The van der Waals surface area contributed by atoms with Crippen LogP contribution in [0.25, 0.3) is 0 Å². The molecular formula is C25H28N2O3S. The quantitative estimate of drug-likeness (QED) is 0.453. The van der Waals surface area contributed by atoms with Crippen LogP contribution in [-0.4, -0.2) is 36.3 Å². The van der Waals surface area contributed by atoms with Crippen LogP contribution in [0.2, 0.25) is 0 Å². The van der Waals surface area contributed by atoms with Crippen LogP contribution in [0, 0.1) is 0 Å². The van der Waals surface area contributed by atoms with Crippen molar-refractivity contribution in [2.45, 2.75) is 32.9 Å². The van der Waals surface area contributed by atoms with Gasteiger partial charge in [0, 0.05) is 28.7 Å². The van der Waals surface area contributed by atoms with Crippen molar-refractivity contribution < 1.29 is 14.3 Å². The summed E-state index contributed by atoms with van der Waals surface area (Å²) in [6, 6.07) is 19.3. The lowest BCUT2D eigenvalue weighted by atomic mass is 10.1. The number of nitrogens with one attached hydrogen (secondary N) is 1. The van der Waals surface area contributed by atoms with Crippen LogP contribution >= 0.6 is 11.3 Å². The lowest BCUT2D eigenvalue weighted by Crippen LogP contribution is -2.40. The summed E-state index contributed by atoms with van der Waals surface area (Å²) in [5, 5.41) is 5.02. The van der Waals surface area contributed by atoms with Crippen LogP contribution in [0.5, 0.6) is 5.75 Å². The fraction of sp³-hybridized carbons (Fsp3) is 0.280. The number of ether oxygens (including phenoxy) is 1. The minimum absolute atomic E-state index is 0.00550. The molecular weight excluding hydrogens is 408 g/mol. The number of thiophene rings is 1. The zero-order valence-electron chi connectivity index (χ0n) is 18.1. The van der Waals surface area contributed by atoms with E-state index in [1.54, 1.807) is 42.7 Å². The monoisotopic (exact) mass is 436 g/mol. The number of nitrogens with zero attached hydrogens (tertiary/aromatic N) is 1. The number of Topliss-reactive ketones (excluding diaryl/α,β-unsaturated/α-hetero) is 1. The highest BCUT2D eigenvalue weighted by Gasteiger charge is 2.19. The first-order valence-corrected chi connectivity index (χ1v) is 11.1. The van der Waals surface area contributed by atoms with Crippen molar-refractivity contribution in [3.8, 4) is 5.75 Å². The highest BCUT2D eigenvalue weighted by Crippen LogP contribution is 2.19. The van der Waals surface area contributed by atoms with Crippen LogP contribution < -0.4 is 10.1 Å². The van der Waals surface area contributed by atoms with Crippen molar-refractivity contribution in [1.29, 1.82) is 0 Å². The van der Waals surface area contributed by atoms with Gasteiger partial charge in [-0.2, -0.15) is 0 Å². The Morgan fingerprint density at radius 3 is 2.35 bits per heavy atom. The van der Waals surface area contributed by atoms with E-state index in [0.29, 0.717) is 17.8 Å². The molecule has 2 aromatic carbocycles. The molecule has 3 rings (SSSR count). The number of anilines is 1. The second kappa shape index (κ2) is 10.9. The largest absolute Gasteiger partial charge is 0.497 e. The average molecular weight is 437 g/mol. The van der Waals surface area contributed by atoms with Crippen LogP contribution in [0.4, 0.5) is 5.69 Å². The smallest absolute Gasteiger partial charge is 0.238 e. The maximum absolute atomic E-state index is 12.8. The van der Waals surface area contributed by atoms with Crippen molar-refractivity contribution in [2.24, 2.45) is 0 Å². The average Bonchev–Trinajstić information content (AvgIpc) is 3.27. The first kappa shape index (κ1) is 22.7. The van der Waals surface area contributed by atoms with Gasteiger partial charge in [-0.05, 0) is 73.7 Å². The molecule has 0 bridgehead atoms. The molecule has 162 valence electrons. The van der Waals surface area contributed by atoms with E-state index in [4.69, 9.17) is 4.74 Å². The van der Waals surface area contributed by atoms with Gasteiger partial charge in [0.25, 0.3) is 0 Å². The number of ketones is 1. The predicted molar refractivity (Wildman–Crippen MR) is 126 cm³/mol. The number of rotatable bonds is 10. The minimum Gasteiger partial charge on any atom is -0.497 e. The first-order valence-electron chi connectivity index (χ1n) is 10.2. The zero-order chi connectivity index (χ0) is 22.2. The van der Waals surface area contributed by atoms with Gasteiger partial charge < -0.3 is 10.1 Å². The Bertz CT molecular complexity index is 983. The fourth-order valence-electron chi connectivity index (χ4n) is 3.36. The van der Waals surface area contributed by atoms with Crippen molar-refractivity contribution >= 4 is 28.7 Å². The standard InChI is InChI=1S/C25H28N2O3S/c1-18(15-24-5-4-14-31-24)27(16-20-6-12-23(30-3)13-7-20)17-25(29)26-22-10-8-21(9-11-22)19(2)28/h4-14,18H,15-17H2,1-3H3,(H,26,29). The molecule has 0 spiro atoms. The van der Waals surface area contributed by atoms with E-state index >= 15 is 0 Å². The third-order valence-electron chi connectivity index (χ3n) is 5.17. The number of hydrogen-bond acceptors (Lipinski definition) is 5. The summed E-state index contributed by atoms with van der Waals surface area (Å²) >= 11 is 1.73. The molecule has 0 saturated carbocycles. The summed E-state index contributed by atoms with van der Waals surface area (Å²) in [4.78, 5) is 27.7. The first-order chi connectivity index (χ1) is 14.9. The second-order valence-electron chi connectivity index (χ2n) is 7.57. The third kappa shape index (κ3) is 6.77. The minimum atomic E-state index is -0.0814. The van der Waals surface area contributed by atoms with E-state index in [-0.39, 0.29) is 24.3 Å². The summed E-state index contributed by atoms with van der Waals surface area (Å²) in [5.74, 6) is 0.738. The van der Waals surface area contributed by atoms with Crippen LogP contribution in [0.1, 0.15) is 34.6 Å². The Morgan fingerprint density at radius 2 is 1.77 bits per heavy atom. The lowest BCUT2D eigenvalue weighted by Gasteiger charge is -2.28. The molecule has 0 saturated heterocycles. The molecule has 1 N–H and O–H groups in total. The van der Waals surface area contributed by atoms with Gasteiger partial charge in [-0.25, -0.2) is 0 Å². The van der Waals surface area contributed by atoms with Gasteiger partial charge in [0.15, 0.2) is 5.78 Å². The molecule has 31 heavy (non-hydrogen) atoms. The highest BCUT2D eigenvalue weighted by molar-refractivity contribution is 7.09. The van der Waals surface area contributed by atoms with Crippen molar-refractivity contribution in [3.63, 3.8) is 0 Å². The fourth-order valence-corrected chi connectivity index (χ4v) is 4.18. The van der Waals surface area contributed by atoms with Gasteiger partial charge in [0.2, 0.25) is 5.91 Å². The van der Waals surface area contributed by atoms with E-state index in [2.05, 4.69) is 34.7 Å². The lowest BCUT2D eigenvalue weighted by molar-refractivity contribution is -0.118. The van der Waals surface area contributed by atoms with Crippen molar-refractivity contribution in [3.05, 3.63) is 82.0 Å². The summed E-state index contributed by atoms with van der Waals surface area (Å²) in [6.07, 6.45) is 0.883. The van der Waals surface area contributed by atoms with E-state index < -0.39 is 0 Å². The van der Waals surface area contributed by atoms with E-state index in [0.717, 1.165) is 17.7 Å². The molecule has 1 unspecified atom stereocenters. The molecule has 0 aliphatic rings. The maximum atomic E-state index is 12.8. The van der Waals surface area contributed by atoms with Crippen molar-refractivity contribution in [1.82, 2.24) is 4.90 Å². The van der Waals surface area contributed by atoms with Crippen LogP contribution in [0.3, 0.4) is 0 Å². The van der Waals surface area contributed by atoms with Crippen LogP contribution in [-0.2, 0) is 17.8 Å². The second-order valence-corrected chi connectivity index (χ2v) is 8.60. The number of hydrogen-bond donors (Lipinski definition) is 1. The highest BCUT2D eigenvalue weighted by atomic mass is 32.1. The van der Waals surface area contributed by atoms with Gasteiger partial charge in [-0.1, -0.05) is 18.2 Å². The molecule has 3 aromatic rings. The Hall–Kier alpha value is -2.96. The van der Waals surface area contributed by atoms with E-state index in [9.17, 15) is 9.59 Å². The summed E-state index contributed by atoms with van der Waals surface area (Å²) in [5.41, 5.74) is 2.44. The summed E-state index contributed by atoms with van der Waals surface area (Å²) < 4.78 is 5.25. The molecule has 1 atom stereocenters. The van der Waals surface area contributed by atoms with Gasteiger partial charge in [-0.15, -0.1) is 11.3 Å². The molecule has 0 radical (unpaired) electrons. The van der Waals surface area contributed by atoms with Gasteiger partial charge in [0.1, 0.15) is 5.75 Å². The van der Waals surface area contributed by atoms with E-state index in [1.807, 2.05) is 24.3 Å². The normalized spacial score (nSPS) is 11.9. The SMILES string of the molecule is COc1ccc(CN(CC(=O)Nc2ccc(C(C)=O)cc2)C(C)Cc2cccs2)cc1. The third-order valence-corrected chi connectivity index (χ3v) is 6.07. The molecule has 0 aliphatic carbocycles. The Balaban J connectivity index is 1.69. The van der Waals surface area contributed by atoms with Gasteiger partial charge >= 0.3 is 0 Å². The van der Waals surface area contributed by atoms with Gasteiger partial charge in [0.05, 0.1) is 13.7 Å². The molecule has 1 amide bonds. The zero-order valence-corrected chi connectivity index (χ0v) is 18.9. The number of carbonyl (C=O) groups excluding carboxylic acids is 2. The number of methoxy groups -OCH3 is 1. The van der Waals surface area contributed by atoms with Crippen molar-refractivity contribution in [2.75, 3.05) is 19.0 Å². The van der Waals surface area contributed by atoms with Crippen LogP contribution in [0.15, 0.2) is 66.0 Å². The Morgan fingerprint density at radius 1 is 1.06 bits per heavy atom. The summed E-state index contributed by atoms with van der Waals surface area (Å²) in [6.45, 7) is 4.61. The number of carbonyl (C=O) groups is 2. The molecule has 6 heteroatoms. The molecule has 0 fully saturated rings. The molecule has 0 aliphatic heterocycles. The predicted octanol–water partition coefficient (Wildman–Crippen LogP) is 5.03. The molecule has 5 nitrogen and oxygen atoms in total. The topological polar surface area (TPSA) is 58.6 Å². The Labute approximate surface area is 187 Å². The van der Waals surface area contributed by atoms with E-state index in [1.165, 1.54) is 11.8 Å². The molecule has 1 heterocycles. The maximum Gasteiger partial charge on any atom is 0.238 e.